The largest absolute Gasteiger partial charge is 0.337 e. The van der Waals surface area contributed by atoms with Crippen LogP contribution in [-0.2, 0) is 6.42 Å². The van der Waals surface area contributed by atoms with Crippen molar-refractivity contribution < 1.29 is 4.79 Å². The summed E-state index contributed by atoms with van der Waals surface area (Å²) in [4.78, 5) is 13.8. The molecule has 0 radical (unpaired) electrons. The molecule has 3 N–H and O–H groups in total. The maximum Gasteiger partial charge on any atom is 0.321 e. The Balaban J connectivity index is 2.21. The van der Waals surface area contributed by atoms with Crippen LogP contribution in [0.15, 0.2) is 24.3 Å². The first-order chi connectivity index (χ1) is 8.76. The van der Waals surface area contributed by atoms with Crippen LogP contribution in [0.5, 0.6) is 0 Å². The number of carbonyl (C=O) groups is 1. The van der Waals surface area contributed by atoms with Crippen LogP contribution < -0.4 is 16.0 Å². The zero-order valence-electron chi connectivity index (χ0n) is 10.9. The Morgan fingerprint density at radius 1 is 1.44 bits per heavy atom. The van der Waals surface area contributed by atoms with Gasteiger partial charge in [-0.2, -0.15) is 0 Å². The molecule has 1 aliphatic rings. The Bertz CT molecular complexity index is 419. The Hall–Kier alpha value is -1.55. The monoisotopic (exact) mass is 247 g/mol. The molecule has 1 aromatic carbocycles. The van der Waals surface area contributed by atoms with Gasteiger partial charge < -0.3 is 11.1 Å². The van der Waals surface area contributed by atoms with Crippen molar-refractivity contribution in [2.45, 2.75) is 19.8 Å². The molecular formula is C14H21N3O. The van der Waals surface area contributed by atoms with Crippen LogP contribution in [0.2, 0.25) is 0 Å². The maximum atomic E-state index is 12.0. The molecule has 0 aliphatic carbocycles. The fraction of sp³-hybridized carbons (Fsp3) is 0.500. The number of rotatable bonds is 4. The van der Waals surface area contributed by atoms with E-state index >= 15 is 0 Å². The van der Waals surface area contributed by atoms with E-state index in [9.17, 15) is 4.79 Å². The highest BCUT2D eigenvalue weighted by atomic mass is 16.2. The van der Waals surface area contributed by atoms with Gasteiger partial charge in [-0.1, -0.05) is 25.1 Å². The molecule has 1 atom stereocenters. The molecule has 1 fully saturated rings. The second kappa shape index (κ2) is 5.87. The number of aryl methyl sites for hydroxylation is 1. The van der Waals surface area contributed by atoms with E-state index in [0.717, 1.165) is 31.6 Å². The predicted octanol–water partition coefficient (Wildman–Crippen LogP) is 1.74. The van der Waals surface area contributed by atoms with Crippen LogP contribution in [0.25, 0.3) is 0 Å². The van der Waals surface area contributed by atoms with Crippen molar-refractivity contribution in [3.8, 4) is 0 Å². The third kappa shape index (κ3) is 2.64. The average molecular weight is 247 g/mol. The highest BCUT2D eigenvalue weighted by Crippen LogP contribution is 2.24. The number of urea groups is 1. The van der Waals surface area contributed by atoms with E-state index in [0.29, 0.717) is 12.5 Å². The Morgan fingerprint density at radius 3 is 2.94 bits per heavy atom. The van der Waals surface area contributed by atoms with Crippen LogP contribution >= 0.6 is 0 Å². The van der Waals surface area contributed by atoms with Crippen molar-refractivity contribution in [1.82, 2.24) is 5.32 Å². The summed E-state index contributed by atoms with van der Waals surface area (Å²) in [6, 6.07) is 8.10. The average Bonchev–Trinajstić information content (AvgIpc) is 2.41. The molecule has 4 nitrogen and oxygen atoms in total. The van der Waals surface area contributed by atoms with Crippen molar-refractivity contribution in [2.75, 3.05) is 24.5 Å². The van der Waals surface area contributed by atoms with Gasteiger partial charge >= 0.3 is 6.03 Å². The van der Waals surface area contributed by atoms with Crippen LogP contribution in [0, 0.1) is 5.92 Å². The summed E-state index contributed by atoms with van der Waals surface area (Å²) in [7, 11) is 0. The summed E-state index contributed by atoms with van der Waals surface area (Å²) >= 11 is 0. The molecule has 18 heavy (non-hydrogen) atoms. The lowest BCUT2D eigenvalue weighted by Crippen LogP contribution is -2.51. The summed E-state index contributed by atoms with van der Waals surface area (Å²) in [5, 5.41) is 2.95. The summed E-state index contributed by atoms with van der Waals surface area (Å²) in [5.41, 5.74) is 7.84. The maximum absolute atomic E-state index is 12.0. The molecule has 1 aliphatic heterocycles. The van der Waals surface area contributed by atoms with Crippen molar-refractivity contribution in [1.29, 1.82) is 0 Å². The molecule has 1 unspecified atom stereocenters. The van der Waals surface area contributed by atoms with Crippen molar-refractivity contribution >= 4 is 11.7 Å². The topological polar surface area (TPSA) is 58.4 Å². The summed E-state index contributed by atoms with van der Waals surface area (Å²) in [6.07, 6.45) is 1.88. The van der Waals surface area contributed by atoms with E-state index in [4.69, 9.17) is 5.73 Å². The molecule has 0 saturated carbocycles. The first-order valence-corrected chi connectivity index (χ1v) is 6.59. The van der Waals surface area contributed by atoms with Crippen LogP contribution in [0.1, 0.15) is 18.9 Å². The number of amides is 2. The third-order valence-corrected chi connectivity index (χ3v) is 3.47. The molecule has 1 aromatic rings. The molecule has 4 heteroatoms. The number of nitrogens with zero attached hydrogens (tertiary/aromatic N) is 1. The molecule has 0 bridgehead atoms. The minimum absolute atomic E-state index is 0.00386. The smallest absolute Gasteiger partial charge is 0.321 e. The number of carbonyl (C=O) groups excluding carboxylic acids is 1. The zero-order valence-corrected chi connectivity index (χ0v) is 10.9. The quantitative estimate of drug-likeness (QED) is 0.851. The van der Waals surface area contributed by atoms with Crippen LogP contribution in [0.4, 0.5) is 10.5 Å². The van der Waals surface area contributed by atoms with Crippen molar-refractivity contribution in [3.05, 3.63) is 29.8 Å². The SMILES string of the molecule is CCc1ccccc1N1CC(CCN)CNC1=O. The van der Waals surface area contributed by atoms with Crippen LogP contribution in [-0.4, -0.2) is 25.7 Å². The summed E-state index contributed by atoms with van der Waals surface area (Å²) in [5.74, 6) is 0.442. The molecular weight excluding hydrogens is 226 g/mol. The van der Waals surface area contributed by atoms with E-state index in [1.165, 1.54) is 5.56 Å². The van der Waals surface area contributed by atoms with Gasteiger partial charge in [0.25, 0.3) is 0 Å². The highest BCUT2D eigenvalue weighted by molar-refractivity contribution is 5.93. The zero-order chi connectivity index (χ0) is 13.0. The van der Waals surface area contributed by atoms with Gasteiger partial charge in [0.15, 0.2) is 0 Å². The predicted molar refractivity (Wildman–Crippen MR) is 73.7 cm³/mol. The normalized spacial score (nSPS) is 19.8. The van der Waals surface area contributed by atoms with Gasteiger partial charge in [0.2, 0.25) is 0 Å². The van der Waals surface area contributed by atoms with E-state index in [-0.39, 0.29) is 6.03 Å². The van der Waals surface area contributed by atoms with E-state index in [2.05, 4.69) is 18.3 Å². The Labute approximate surface area is 108 Å². The van der Waals surface area contributed by atoms with Gasteiger partial charge in [-0.05, 0) is 36.9 Å². The van der Waals surface area contributed by atoms with E-state index < -0.39 is 0 Å². The molecule has 2 amide bonds. The first kappa shape index (κ1) is 12.9. The van der Waals surface area contributed by atoms with E-state index in [1.54, 1.807) is 0 Å². The summed E-state index contributed by atoms with van der Waals surface area (Å²) in [6.45, 7) is 4.28. The number of hydrogen-bond acceptors (Lipinski definition) is 2. The van der Waals surface area contributed by atoms with Gasteiger partial charge in [-0.25, -0.2) is 4.79 Å². The number of anilines is 1. The number of nitrogens with one attached hydrogen (secondary N) is 1. The van der Waals surface area contributed by atoms with Crippen LogP contribution in [0.3, 0.4) is 0 Å². The number of para-hydroxylation sites is 1. The highest BCUT2D eigenvalue weighted by Gasteiger charge is 2.26. The number of nitrogens with two attached hydrogens (primary N) is 1. The minimum Gasteiger partial charge on any atom is -0.337 e. The lowest BCUT2D eigenvalue weighted by Gasteiger charge is -2.34. The second-order valence-corrected chi connectivity index (χ2v) is 4.72. The van der Waals surface area contributed by atoms with E-state index in [1.807, 2.05) is 23.1 Å². The van der Waals surface area contributed by atoms with Crippen molar-refractivity contribution in [2.24, 2.45) is 11.7 Å². The Kier molecular flexibility index (Phi) is 4.20. The molecule has 0 aromatic heterocycles. The molecule has 1 heterocycles. The third-order valence-electron chi connectivity index (χ3n) is 3.47. The lowest BCUT2D eigenvalue weighted by atomic mass is 10.0. The second-order valence-electron chi connectivity index (χ2n) is 4.72. The molecule has 2 rings (SSSR count). The van der Waals surface area contributed by atoms with Gasteiger partial charge in [0, 0.05) is 18.8 Å². The molecule has 1 saturated heterocycles. The van der Waals surface area contributed by atoms with Gasteiger partial charge in [0.1, 0.15) is 0 Å². The summed E-state index contributed by atoms with van der Waals surface area (Å²) < 4.78 is 0. The van der Waals surface area contributed by atoms with Crippen molar-refractivity contribution in [3.63, 3.8) is 0 Å². The number of benzene rings is 1. The van der Waals surface area contributed by atoms with Gasteiger partial charge in [-0.15, -0.1) is 0 Å². The fourth-order valence-electron chi connectivity index (χ4n) is 2.44. The minimum atomic E-state index is 0.00386. The first-order valence-electron chi connectivity index (χ1n) is 6.59. The lowest BCUT2D eigenvalue weighted by molar-refractivity contribution is 0.236. The Morgan fingerprint density at radius 2 is 2.22 bits per heavy atom. The fourth-order valence-corrected chi connectivity index (χ4v) is 2.44. The number of hydrogen-bond donors (Lipinski definition) is 2. The standard InChI is InChI=1S/C14H21N3O/c1-2-12-5-3-4-6-13(12)17-10-11(7-8-15)9-16-14(17)18/h3-6,11H,2,7-10,15H2,1H3,(H,16,18). The molecule has 98 valence electrons. The molecule has 0 spiro atoms. The van der Waals surface area contributed by atoms with Gasteiger partial charge in [-0.3, -0.25) is 4.90 Å². The van der Waals surface area contributed by atoms with Gasteiger partial charge in [0.05, 0.1) is 0 Å².